The third-order valence-corrected chi connectivity index (χ3v) is 3.49. The predicted octanol–water partition coefficient (Wildman–Crippen LogP) is 3.28. The maximum Gasteiger partial charge on any atom is 0.248 e. The molecule has 0 spiro atoms. The van der Waals surface area contributed by atoms with Gasteiger partial charge in [-0.15, -0.1) is 0 Å². The van der Waals surface area contributed by atoms with Crippen molar-refractivity contribution in [2.45, 2.75) is 19.9 Å². The van der Waals surface area contributed by atoms with Gasteiger partial charge in [0, 0.05) is 16.8 Å². The summed E-state index contributed by atoms with van der Waals surface area (Å²) in [5.74, 6) is 0.436. The third-order valence-electron chi connectivity index (χ3n) is 3.49. The molecule has 0 aliphatic heterocycles. The second-order valence-corrected chi connectivity index (χ2v) is 5.00. The monoisotopic (exact) mass is 284 g/mol. The van der Waals surface area contributed by atoms with E-state index in [1.165, 1.54) is 0 Å². The summed E-state index contributed by atoms with van der Waals surface area (Å²) in [5.41, 5.74) is 8.84. The Bertz CT molecular complexity index is 653. The summed E-state index contributed by atoms with van der Waals surface area (Å²) in [5, 5.41) is 3.44. The molecule has 1 atom stereocenters. The van der Waals surface area contributed by atoms with Crippen molar-refractivity contribution >= 4 is 11.6 Å². The van der Waals surface area contributed by atoms with Crippen molar-refractivity contribution in [1.82, 2.24) is 0 Å². The van der Waals surface area contributed by atoms with Crippen LogP contribution in [-0.2, 0) is 0 Å². The molecule has 21 heavy (non-hydrogen) atoms. The smallest absolute Gasteiger partial charge is 0.248 e. The number of amides is 1. The van der Waals surface area contributed by atoms with E-state index in [0.717, 1.165) is 22.6 Å². The Kier molecular flexibility index (Phi) is 4.48. The van der Waals surface area contributed by atoms with E-state index >= 15 is 0 Å². The number of carbonyl (C=O) groups excluding carboxylic acids is 1. The first-order valence-corrected chi connectivity index (χ1v) is 6.83. The van der Waals surface area contributed by atoms with Crippen LogP contribution in [0.15, 0.2) is 42.5 Å². The van der Waals surface area contributed by atoms with Crippen LogP contribution < -0.4 is 15.8 Å². The number of nitrogens with two attached hydrogens (primary N) is 1. The minimum absolute atomic E-state index is 0.0827. The summed E-state index contributed by atoms with van der Waals surface area (Å²) in [6.07, 6.45) is 0. The first-order chi connectivity index (χ1) is 10.0. The van der Waals surface area contributed by atoms with Gasteiger partial charge >= 0.3 is 0 Å². The van der Waals surface area contributed by atoms with Gasteiger partial charge in [0.1, 0.15) is 5.75 Å². The Morgan fingerprint density at radius 3 is 2.57 bits per heavy atom. The van der Waals surface area contributed by atoms with Gasteiger partial charge in [-0.1, -0.05) is 18.2 Å². The number of rotatable bonds is 5. The molecule has 2 aromatic rings. The third kappa shape index (κ3) is 3.34. The largest absolute Gasteiger partial charge is 0.496 e. The highest BCUT2D eigenvalue weighted by molar-refractivity contribution is 5.93. The van der Waals surface area contributed by atoms with Gasteiger partial charge in [-0.3, -0.25) is 4.79 Å². The van der Waals surface area contributed by atoms with E-state index < -0.39 is 5.91 Å². The molecule has 3 N–H and O–H groups in total. The highest BCUT2D eigenvalue weighted by Crippen LogP contribution is 2.28. The standard InChI is InChI=1S/C17H20N2O2/c1-11-10-13(17(18)20)8-9-15(11)19-12(2)14-6-4-5-7-16(14)21-3/h4-10,12,19H,1-3H3,(H2,18,20). The number of benzene rings is 2. The molecular weight excluding hydrogens is 264 g/mol. The van der Waals surface area contributed by atoms with Crippen LogP contribution in [0.3, 0.4) is 0 Å². The number of aryl methyl sites for hydroxylation is 1. The lowest BCUT2D eigenvalue weighted by Gasteiger charge is -2.20. The van der Waals surface area contributed by atoms with E-state index in [1.54, 1.807) is 19.2 Å². The lowest BCUT2D eigenvalue weighted by molar-refractivity contribution is 0.1000. The number of para-hydroxylation sites is 1. The second-order valence-electron chi connectivity index (χ2n) is 5.00. The van der Waals surface area contributed by atoms with E-state index in [-0.39, 0.29) is 6.04 Å². The van der Waals surface area contributed by atoms with Crippen LogP contribution in [0.1, 0.15) is 34.5 Å². The Balaban J connectivity index is 2.23. The lowest BCUT2D eigenvalue weighted by atomic mass is 10.0. The summed E-state index contributed by atoms with van der Waals surface area (Å²) in [4.78, 5) is 11.2. The lowest BCUT2D eigenvalue weighted by Crippen LogP contribution is -2.12. The molecule has 2 rings (SSSR count). The molecule has 0 saturated carbocycles. The molecule has 1 unspecified atom stereocenters. The molecule has 2 aromatic carbocycles. The maximum absolute atomic E-state index is 11.2. The zero-order valence-corrected chi connectivity index (χ0v) is 12.5. The average Bonchev–Trinajstić information content (AvgIpc) is 2.48. The molecule has 4 heteroatoms. The molecule has 0 bridgehead atoms. The Hall–Kier alpha value is -2.49. The maximum atomic E-state index is 11.2. The number of hydrogen-bond donors (Lipinski definition) is 2. The molecule has 0 aliphatic rings. The summed E-state index contributed by atoms with van der Waals surface area (Å²) in [6, 6.07) is 13.4. The molecule has 0 fully saturated rings. The van der Waals surface area contributed by atoms with Crippen LogP contribution in [0.25, 0.3) is 0 Å². The fourth-order valence-corrected chi connectivity index (χ4v) is 2.31. The van der Waals surface area contributed by atoms with Gasteiger partial charge in [-0.05, 0) is 43.7 Å². The number of methoxy groups -OCH3 is 1. The van der Waals surface area contributed by atoms with Crippen molar-refractivity contribution in [3.63, 3.8) is 0 Å². The minimum Gasteiger partial charge on any atom is -0.496 e. The number of primary amides is 1. The number of nitrogens with one attached hydrogen (secondary N) is 1. The first kappa shape index (κ1) is 14.9. The average molecular weight is 284 g/mol. The van der Waals surface area contributed by atoms with Crippen LogP contribution in [0, 0.1) is 6.92 Å². The second kappa shape index (κ2) is 6.31. The predicted molar refractivity (Wildman–Crippen MR) is 84.7 cm³/mol. The number of carbonyl (C=O) groups is 1. The first-order valence-electron chi connectivity index (χ1n) is 6.83. The number of anilines is 1. The van der Waals surface area contributed by atoms with Gasteiger partial charge in [0.2, 0.25) is 5.91 Å². The van der Waals surface area contributed by atoms with Crippen LogP contribution in [-0.4, -0.2) is 13.0 Å². The fourth-order valence-electron chi connectivity index (χ4n) is 2.31. The van der Waals surface area contributed by atoms with Crippen molar-refractivity contribution in [3.05, 3.63) is 59.2 Å². The van der Waals surface area contributed by atoms with Crippen molar-refractivity contribution in [1.29, 1.82) is 0 Å². The van der Waals surface area contributed by atoms with E-state index in [9.17, 15) is 4.79 Å². The van der Waals surface area contributed by atoms with Crippen LogP contribution in [0.5, 0.6) is 5.75 Å². The van der Waals surface area contributed by atoms with Gasteiger partial charge in [0.05, 0.1) is 13.2 Å². The molecule has 0 aliphatic carbocycles. The quantitative estimate of drug-likeness (QED) is 0.885. The van der Waals surface area contributed by atoms with Gasteiger partial charge in [0.25, 0.3) is 0 Å². The van der Waals surface area contributed by atoms with Crippen molar-refractivity contribution in [2.24, 2.45) is 5.73 Å². The summed E-state index contributed by atoms with van der Waals surface area (Å²) in [6.45, 7) is 4.02. The Morgan fingerprint density at radius 1 is 1.24 bits per heavy atom. The van der Waals surface area contributed by atoms with Gasteiger partial charge in [-0.25, -0.2) is 0 Å². The van der Waals surface area contributed by atoms with Crippen LogP contribution in [0.2, 0.25) is 0 Å². The topological polar surface area (TPSA) is 64.3 Å². The normalized spacial score (nSPS) is 11.8. The van der Waals surface area contributed by atoms with Crippen molar-refractivity contribution < 1.29 is 9.53 Å². The van der Waals surface area contributed by atoms with Gasteiger partial charge in [-0.2, -0.15) is 0 Å². The zero-order chi connectivity index (χ0) is 15.4. The molecule has 0 heterocycles. The van der Waals surface area contributed by atoms with Crippen LogP contribution >= 0.6 is 0 Å². The number of ether oxygens (including phenoxy) is 1. The molecule has 1 amide bonds. The SMILES string of the molecule is COc1ccccc1C(C)Nc1ccc(C(N)=O)cc1C. The highest BCUT2D eigenvalue weighted by atomic mass is 16.5. The van der Waals surface area contributed by atoms with E-state index in [0.29, 0.717) is 5.56 Å². The van der Waals surface area contributed by atoms with Gasteiger partial charge < -0.3 is 15.8 Å². The van der Waals surface area contributed by atoms with Crippen LogP contribution in [0.4, 0.5) is 5.69 Å². The molecule has 0 aromatic heterocycles. The van der Waals surface area contributed by atoms with Gasteiger partial charge in [0.15, 0.2) is 0 Å². The molecule has 0 saturated heterocycles. The van der Waals surface area contributed by atoms with Crippen molar-refractivity contribution in [3.8, 4) is 5.75 Å². The van der Waals surface area contributed by atoms with E-state index in [4.69, 9.17) is 10.5 Å². The molecule has 0 radical (unpaired) electrons. The Morgan fingerprint density at radius 2 is 1.95 bits per heavy atom. The minimum atomic E-state index is -0.414. The van der Waals surface area contributed by atoms with E-state index in [1.807, 2.05) is 37.3 Å². The fraction of sp³-hybridized carbons (Fsp3) is 0.235. The highest BCUT2D eigenvalue weighted by Gasteiger charge is 2.12. The Labute approximate surface area is 124 Å². The summed E-state index contributed by atoms with van der Waals surface area (Å²) >= 11 is 0. The number of hydrogen-bond acceptors (Lipinski definition) is 3. The summed E-state index contributed by atoms with van der Waals surface area (Å²) in [7, 11) is 1.67. The van der Waals surface area contributed by atoms with E-state index in [2.05, 4.69) is 12.2 Å². The zero-order valence-electron chi connectivity index (χ0n) is 12.5. The van der Waals surface area contributed by atoms with Crippen molar-refractivity contribution in [2.75, 3.05) is 12.4 Å². The molecular formula is C17H20N2O2. The molecule has 4 nitrogen and oxygen atoms in total. The molecule has 110 valence electrons. The summed E-state index contributed by atoms with van der Waals surface area (Å²) < 4.78 is 5.38.